The van der Waals surface area contributed by atoms with Crippen molar-refractivity contribution in [3.8, 4) is 0 Å². The van der Waals surface area contributed by atoms with Crippen LogP contribution in [0.2, 0.25) is 0 Å². The average molecular weight is 268 g/mol. The SMILES string of the molecule is Cc1c2ccncc2cc2c1[nH]c1cc(F)c(F)cc12. The van der Waals surface area contributed by atoms with E-state index in [1.807, 2.05) is 19.1 Å². The van der Waals surface area contributed by atoms with Gasteiger partial charge in [-0.15, -0.1) is 0 Å². The molecular weight excluding hydrogens is 258 g/mol. The Morgan fingerprint density at radius 2 is 1.80 bits per heavy atom. The van der Waals surface area contributed by atoms with Crippen LogP contribution in [-0.4, -0.2) is 9.97 Å². The van der Waals surface area contributed by atoms with Gasteiger partial charge in [-0.3, -0.25) is 4.98 Å². The molecular formula is C16H10F2N2. The first-order valence-electron chi connectivity index (χ1n) is 6.29. The van der Waals surface area contributed by atoms with Crippen molar-refractivity contribution >= 4 is 32.6 Å². The fourth-order valence-corrected chi connectivity index (χ4v) is 2.81. The van der Waals surface area contributed by atoms with Crippen LogP contribution >= 0.6 is 0 Å². The molecule has 98 valence electrons. The molecule has 0 aliphatic carbocycles. The van der Waals surface area contributed by atoms with Gasteiger partial charge >= 0.3 is 0 Å². The van der Waals surface area contributed by atoms with Gasteiger partial charge in [-0.2, -0.15) is 0 Å². The minimum Gasteiger partial charge on any atom is -0.354 e. The number of H-pyrrole nitrogens is 1. The zero-order chi connectivity index (χ0) is 13.9. The minimum atomic E-state index is -0.840. The standard InChI is InChI=1S/C16H10F2N2/c1-8-10-2-3-19-7-9(10)4-12-11-5-13(17)14(18)6-15(11)20-16(8)12/h2-7,20H,1H3. The lowest BCUT2D eigenvalue weighted by atomic mass is 10.0. The Kier molecular flexibility index (Phi) is 2.13. The number of halogens is 2. The van der Waals surface area contributed by atoms with Crippen LogP contribution < -0.4 is 0 Å². The van der Waals surface area contributed by atoms with E-state index < -0.39 is 11.6 Å². The van der Waals surface area contributed by atoms with Crippen molar-refractivity contribution in [1.82, 2.24) is 9.97 Å². The first-order chi connectivity index (χ1) is 9.65. The van der Waals surface area contributed by atoms with E-state index in [1.54, 1.807) is 12.4 Å². The first kappa shape index (κ1) is 11.3. The van der Waals surface area contributed by atoms with Crippen LogP contribution in [0.3, 0.4) is 0 Å². The van der Waals surface area contributed by atoms with E-state index in [-0.39, 0.29) is 0 Å². The summed E-state index contributed by atoms with van der Waals surface area (Å²) in [5.74, 6) is -1.67. The van der Waals surface area contributed by atoms with Gasteiger partial charge in [0.05, 0.1) is 5.52 Å². The second-order valence-corrected chi connectivity index (χ2v) is 4.96. The Labute approximate surface area is 113 Å². The van der Waals surface area contributed by atoms with Crippen molar-refractivity contribution in [3.05, 3.63) is 53.9 Å². The van der Waals surface area contributed by atoms with Gasteiger partial charge < -0.3 is 4.98 Å². The summed E-state index contributed by atoms with van der Waals surface area (Å²) < 4.78 is 26.8. The number of benzene rings is 2. The summed E-state index contributed by atoms with van der Waals surface area (Å²) in [6.45, 7) is 1.99. The second kappa shape index (κ2) is 3.76. The molecule has 0 unspecified atom stereocenters. The molecule has 0 aliphatic rings. The summed E-state index contributed by atoms with van der Waals surface area (Å²) in [6.07, 6.45) is 3.52. The predicted octanol–water partition coefficient (Wildman–Crippen LogP) is 4.46. The van der Waals surface area contributed by atoms with Crippen molar-refractivity contribution in [3.63, 3.8) is 0 Å². The van der Waals surface area contributed by atoms with Gasteiger partial charge in [-0.05, 0) is 36.1 Å². The fourth-order valence-electron chi connectivity index (χ4n) is 2.81. The van der Waals surface area contributed by atoms with Gasteiger partial charge in [-0.25, -0.2) is 8.78 Å². The quantitative estimate of drug-likeness (QED) is 0.501. The van der Waals surface area contributed by atoms with Crippen molar-refractivity contribution in [1.29, 1.82) is 0 Å². The third-order valence-corrected chi connectivity index (χ3v) is 3.81. The van der Waals surface area contributed by atoms with E-state index in [2.05, 4.69) is 9.97 Å². The van der Waals surface area contributed by atoms with Crippen LogP contribution in [-0.2, 0) is 0 Å². The Balaban J connectivity index is 2.28. The number of pyridine rings is 1. The zero-order valence-electron chi connectivity index (χ0n) is 10.7. The third kappa shape index (κ3) is 1.39. The van der Waals surface area contributed by atoms with Crippen molar-refractivity contribution < 1.29 is 8.78 Å². The molecule has 2 aromatic heterocycles. The van der Waals surface area contributed by atoms with Crippen LogP contribution in [0.5, 0.6) is 0 Å². The molecule has 0 fully saturated rings. The monoisotopic (exact) mass is 268 g/mol. The summed E-state index contributed by atoms with van der Waals surface area (Å²) in [7, 11) is 0. The lowest BCUT2D eigenvalue weighted by molar-refractivity contribution is 0.511. The van der Waals surface area contributed by atoms with Gasteiger partial charge in [0.2, 0.25) is 0 Å². The molecule has 4 heteroatoms. The van der Waals surface area contributed by atoms with E-state index >= 15 is 0 Å². The van der Waals surface area contributed by atoms with Crippen LogP contribution in [0, 0.1) is 18.6 Å². The Bertz CT molecular complexity index is 986. The molecule has 0 amide bonds. The van der Waals surface area contributed by atoms with Gasteiger partial charge in [0.15, 0.2) is 11.6 Å². The average Bonchev–Trinajstić information content (AvgIpc) is 2.78. The Morgan fingerprint density at radius 3 is 2.65 bits per heavy atom. The molecule has 1 N–H and O–H groups in total. The number of nitrogens with zero attached hydrogens (tertiary/aromatic N) is 1. The lowest BCUT2D eigenvalue weighted by Gasteiger charge is -2.03. The highest BCUT2D eigenvalue weighted by molar-refractivity contribution is 6.13. The summed E-state index contributed by atoms with van der Waals surface area (Å²) in [6, 6.07) is 6.34. The molecule has 0 bridgehead atoms. The zero-order valence-corrected chi connectivity index (χ0v) is 10.7. The first-order valence-corrected chi connectivity index (χ1v) is 6.29. The molecule has 0 saturated heterocycles. The molecule has 2 aromatic carbocycles. The summed E-state index contributed by atoms with van der Waals surface area (Å²) in [4.78, 5) is 7.29. The number of fused-ring (bicyclic) bond motifs is 4. The molecule has 2 heterocycles. The van der Waals surface area contributed by atoms with Gasteiger partial charge in [-0.1, -0.05) is 0 Å². The topological polar surface area (TPSA) is 28.7 Å². The van der Waals surface area contributed by atoms with Crippen LogP contribution in [0.4, 0.5) is 8.78 Å². The number of nitrogens with one attached hydrogen (secondary N) is 1. The number of hydrogen-bond acceptors (Lipinski definition) is 1. The van der Waals surface area contributed by atoms with Gasteiger partial charge in [0, 0.05) is 40.1 Å². The molecule has 4 aromatic rings. The van der Waals surface area contributed by atoms with E-state index in [0.717, 1.165) is 27.2 Å². The van der Waals surface area contributed by atoms with E-state index in [0.29, 0.717) is 10.9 Å². The highest BCUT2D eigenvalue weighted by atomic mass is 19.2. The number of aryl methyl sites for hydroxylation is 1. The third-order valence-electron chi connectivity index (χ3n) is 3.81. The summed E-state index contributed by atoms with van der Waals surface area (Å²) >= 11 is 0. The second-order valence-electron chi connectivity index (χ2n) is 4.96. The Hall–Kier alpha value is -2.49. The number of hydrogen-bond donors (Lipinski definition) is 1. The van der Waals surface area contributed by atoms with Crippen molar-refractivity contribution in [2.24, 2.45) is 0 Å². The van der Waals surface area contributed by atoms with E-state index in [4.69, 9.17) is 0 Å². The van der Waals surface area contributed by atoms with E-state index in [9.17, 15) is 8.78 Å². The predicted molar refractivity (Wildman–Crippen MR) is 75.8 cm³/mol. The molecule has 0 spiro atoms. The van der Waals surface area contributed by atoms with Crippen LogP contribution in [0.15, 0.2) is 36.7 Å². The van der Waals surface area contributed by atoms with Crippen LogP contribution in [0.25, 0.3) is 32.6 Å². The largest absolute Gasteiger partial charge is 0.354 e. The maximum absolute atomic E-state index is 13.5. The summed E-state index contributed by atoms with van der Waals surface area (Å²) in [5.41, 5.74) is 2.56. The molecule has 0 atom stereocenters. The highest BCUT2D eigenvalue weighted by Gasteiger charge is 2.12. The van der Waals surface area contributed by atoms with Crippen LogP contribution in [0.1, 0.15) is 5.56 Å². The molecule has 0 saturated carbocycles. The molecule has 0 aliphatic heterocycles. The fraction of sp³-hybridized carbons (Fsp3) is 0.0625. The number of rotatable bonds is 0. The van der Waals surface area contributed by atoms with Crippen molar-refractivity contribution in [2.75, 3.05) is 0 Å². The molecule has 20 heavy (non-hydrogen) atoms. The molecule has 2 nitrogen and oxygen atoms in total. The number of aromatic amines is 1. The minimum absolute atomic E-state index is 0.602. The summed E-state index contributed by atoms with van der Waals surface area (Å²) in [5, 5.41) is 3.65. The maximum atomic E-state index is 13.5. The van der Waals surface area contributed by atoms with Gasteiger partial charge in [0.1, 0.15) is 0 Å². The van der Waals surface area contributed by atoms with Crippen molar-refractivity contribution in [2.45, 2.75) is 6.92 Å². The lowest BCUT2D eigenvalue weighted by Crippen LogP contribution is -1.82. The maximum Gasteiger partial charge on any atom is 0.160 e. The number of aromatic nitrogens is 2. The van der Waals surface area contributed by atoms with E-state index in [1.165, 1.54) is 12.1 Å². The Morgan fingerprint density at radius 1 is 1.00 bits per heavy atom. The highest BCUT2D eigenvalue weighted by Crippen LogP contribution is 2.33. The van der Waals surface area contributed by atoms with Gasteiger partial charge in [0.25, 0.3) is 0 Å². The molecule has 4 rings (SSSR count). The smallest absolute Gasteiger partial charge is 0.160 e. The molecule has 0 radical (unpaired) electrons. The normalized spacial score (nSPS) is 11.8.